The Labute approximate surface area is 281 Å². The van der Waals surface area contributed by atoms with Gasteiger partial charge in [-0.05, 0) is 12.1 Å². The van der Waals surface area contributed by atoms with Crippen LogP contribution in [0.1, 0.15) is 20.7 Å². The Kier molecular flexibility index (Phi) is 15.7. The van der Waals surface area contributed by atoms with Crippen molar-refractivity contribution in [3.05, 3.63) is 67.8 Å². The van der Waals surface area contributed by atoms with Crippen molar-refractivity contribution in [2.45, 2.75) is 9.79 Å². The van der Waals surface area contributed by atoms with Crippen LogP contribution in [0.4, 0.5) is 11.4 Å². The molecule has 0 saturated carbocycles. The summed E-state index contributed by atoms with van der Waals surface area (Å²) in [6, 6.07) is 4.99. The van der Waals surface area contributed by atoms with Crippen LogP contribution < -0.4 is 80.9 Å². The topological polar surface area (TPSA) is 241 Å². The molecule has 0 aliphatic rings. The molecule has 2 amide bonds. The molecular formula is C18H18KN4NaO12S2. The number of non-ortho nitro benzene ring substituents is 2. The second-order valence-electron chi connectivity index (χ2n) is 7.18. The van der Waals surface area contributed by atoms with E-state index < -0.39 is 63.1 Å². The minimum atomic E-state index is -4.97. The monoisotopic (exact) mass is 608 g/mol. The first-order valence-electron chi connectivity index (χ1n) is 9.21. The molecule has 0 unspecified atom stereocenters. The number of carbonyl (C=O) groups is 2. The summed E-state index contributed by atoms with van der Waals surface area (Å²) in [5, 5.41) is 21.0. The van der Waals surface area contributed by atoms with Crippen LogP contribution in [0.3, 0.4) is 0 Å². The van der Waals surface area contributed by atoms with Crippen LogP contribution in [-0.2, 0) is 20.2 Å². The average molecular weight is 609 g/mol. The molecule has 0 aliphatic carbocycles. The van der Waals surface area contributed by atoms with E-state index in [1.54, 1.807) is 0 Å². The second-order valence-corrected chi connectivity index (χ2v) is 9.88. The molecule has 2 aromatic rings. The van der Waals surface area contributed by atoms with Crippen molar-refractivity contribution in [1.82, 2.24) is 9.80 Å². The third-order valence-electron chi connectivity index (χ3n) is 4.16. The van der Waals surface area contributed by atoms with Crippen molar-refractivity contribution in [2.24, 2.45) is 0 Å². The molecule has 0 spiro atoms. The van der Waals surface area contributed by atoms with Crippen molar-refractivity contribution < 1.29 is 126 Å². The second kappa shape index (κ2) is 15.4. The quantitative estimate of drug-likeness (QED) is 0.129. The molecule has 2 rings (SSSR count). The summed E-state index contributed by atoms with van der Waals surface area (Å²) in [7, 11) is -4.48. The fourth-order valence-electron chi connectivity index (χ4n) is 2.50. The minimum absolute atomic E-state index is 0. The maximum Gasteiger partial charge on any atom is 1.00 e. The predicted molar refractivity (Wildman–Crippen MR) is 118 cm³/mol. The van der Waals surface area contributed by atoms with Gasteiger partial charge in [0.25, 0.3) is 23.2 Å². The molecule has 0 aromatic heterocycles. The van der Waals surface area contributed by atoms with E-state index in [2.05, 4.69) is 0 Å². The molecule has 0 radical (unpaired) electrons. The van der Waals surface area contributed by atoms with Crippen molar-refractivity contribution >= 4 is 43.4 Å². The number of benzene rings is 2. The largest absolute Gasteiger partial charge is 1.00 e. The third-order valence-corrected chi connectivity index (χ3v) is 5.92. The van der Waals surface area contributed by atoms with Gasteiger partial charge in [-0.3, -0.25) is 29.8 Å². The Balaban J connectivity index is 0. The molecule has 38 heavy (non-hydrogen) atoms. The Morgan fingerprint density at radius 2 is 0.947 bits per heavy atom. The molecule has 0 fully saturated rings. The first-order valence-corrected chi connectivity index (χ1v) is 12.0. The fourth-order valence-corrected chi connectivity index (χ4v) is 3.88. The van der Waals surface area contributed by atoms with Gasteiger partial charge in [0.2, 0.25) is 0 Å². The molecule has 20 heteroatoms. The summed E-state index contributed by atoms with van der Waals surface area (Å²) in [4.78, 5) is 43.0. The van der Waals surface area contributed by atoms with Crippen molar-refractivity contribution in [1.29, 1.82) is 0 Å². The summed E-state index contributed by atoms with van der Waals surface area (Å²) >= 11 is 0. The van der Waals surface area contributed by atoms with E-state index in [9.17, 15) is 55.8 Å². The van der Waals surface area contributed by atoms with Gasteiger partial charge in [-0.2, -0.15) is 0 Å². The van der Waals surface area contributed by atoms with Gasteiger partial charge < -0.3 is 18.9 Å². The SMILES string of the molecule is CN(C)C(=O)c1ccc([N+](=O)[O-])cc1S(=O)(=O)[O-].CN(C)C(=O)c1ccc([N+](=O)[O-])cc1S(=O)(=O)[O-].[K+].[Na+]. The van der Waals surface area contributed by atoms with E-state index >= 15 is 0 Å². The van der Waals surface area contributed by atoms with Gasteiger partial charge in [-0.25, -0.2) is 16.8 Å². The number of nitro benzene ring substituents is 2. The van der Waals surface area contributed by atoms with Gasteiger partial charge in [0.1, 0.15) is 20.2 Å². The van der Waals surface area contributed by atoms with Crippen LogP contribution in [0.5, 0.6) is 0 Å². The first-order chi connectivity index (χ1) is 16.3. The standard InChI is InChI=1S/2C9H10N2O6S.K.Na/c2*1-10(2)9(12)7-4-3-6(11(13)14)5-8(7)18(15,16)17;;/h2*3-5H,1-2H3,(H,15,16,17);;/q;;2*+1/p-2. The Morgan fingerprint density at radius 3 is 1.13 bits per heavy atom. The van der Waals surface area contributed by atoms with Gasteiger partial charge in [0.15, 0.2) is 0 Å². The normalized spacial score (nSPS) is 10.5. The zero-order valence-corrected chi connectivity index (χ0v) is 27.7. The molecule has 0 saturated heterocycles. The first kappa shape index (κ1) is 38.8. The van der Waals surface area contributed by atoms with E-state index in [0.717, 1.165) is 34.1 Å². The summed E-state index contributed by atoms with van der Waals surface area (Å²) in [5.41, 5.74) is -1.92. The van der Waals surface area contributed by atoms with Crippen LogP contribution in [0.25, 0.3) is 0 Å². The smallest absolute Gasteiger partial charge is 0.744 e. The molecule has 0 atom stereocenters. The van der Waals surface area contributed by atoms with Crippen LogP contribution in [0, 0.1) is 20.2 Å². The number of carbonyl (C=O) groups excluding carboxylic acids is 2. The third kappa shape index (κ3) is 10.7. The van der Waals surface area contributed by atoms with Crippen LogP contribution in [0.2, 0.25) is 0 Å². The van der Waals surface area contributed by atoms with E-state index in [1.807, 2.05) is 0 Å². The molecule has 0 aliphatic heterocycles. The Bertz CT molecular complexity index is 1340. The fraction of sp³-hybridized carbons (Fsp3) is 0.222. The molecule has 196 valence electrons. The molecule has 0 heterocycles. The van der Waals surface area contributed by atoms with Crippen LogP contribution >= 0.6 is 0 Å². The van der Waals surface area contributed by atoms with Gasteiger partial charge in [-0.15, -0.1) is 0 Å². The number of rotatable bonds is 6. The van der Waals surface area contributed by atoms with Crippen molar-refractivity contribution in [2.75, 3.05) is 28.2 Å². The zero-order valence-electron chi connectivity index (χ0n) is 21.0. The van der Waals surface area contributed by atoms with Gasteiger partial charge in [0, 0.05) is 52.5 Å². The molecular weight excluding hydrogens is 590 g/mol. The average Bonchev–Trinajstić information content (AvgIpc) is 2.76. The van der Waals surface area contributed by atoms with Crippen LogP contribution in [-0.4, -0.2) is 85.6 Å². The number of nitrogens with zero attached hydrogens (tertiary/aromatic N) is 4. The number of nitro groups is 2. The minimum Gasteiger partial charge on any atom is -0.744 e. The number of hydrogen-bond acceptors (Lipinski definition) is 12. The summed E-state index contributed by atoms with van der Waals surface area (Å²) in [6.07, 6.45) is 0. The molecule has 16 nitrogen and oxygen atoms in total. The molecule has 0 bridgehead atoms. The molecule has 0 N–H and O–H groups in total. The predicted octanol–water partition coefficient (Wildman–Crippen LogP) is -5.59. The van der Waals surface area contributed by atoms with E-state index in [1.165, 1.54) is 28.2 Å². The zero-order chi connectivity index (χ0) is 28.2. The van der Waals surface area contributed by atoms with Crippen molar-refractivity contribution in [3.63, 3.8) is 0 Å². The molecule has 2 aromatic carbocycles. The van der Waals surface area contributed by atoms with E-state index in [-0.39, 0.29) is 92.1 Å². The van der Waals surface area contributed by atoms with Gasteiger partial charge >= 0.3 is 80.9 Å². The number of amides is 2. The van der Waals surface area contributed by atoms with Gasteiger partial charge in [0.05, 0.1) is 30.8 Å². The van der Waals surface area contributed by atoms with E-state index in [4.69, 9.17) is 0 Å². The van der Waals surface area contributed by atoms with Gasteiger partial charge in [-0.1, -0.05) is 0 Å². The van der Waals surface area contributed by atoms with Crippen molar-refractivity contribution in [3.8, 4) is 0 Å². The van der Waals surface area contributed by atoms with Crippen LogP contribution in [0.15, 0.2) is 46.2 Å². The maximum absolute atomic E-state index is 11.6. The number of hydrogen-bond donors (Lipinski definition) is 0. The Hall–Kier alpha value is -1.36. The maximum atomic E-state index is 11.6. The summed E-state index contributed by atoms with van der Waals surface area (Å²) < 4.78 is 66.0. The Morgan fingerprint density at radius 1 is 0.684 bits per heavy atom. The van der Waals surface area contributed by atoms with E-state index in [0.29, 0.717) is 12.1 Å². The summed E-state index contributed by atoms with van der Waals surface area (Å²) in [6.45, 7) is 0. The summed E-state index contributed by atoms with van der Waals surface area (Å²) in [5.74, 6) is -1.45.